The first-order valence-corrected chi connectivity index (χ1v) is 4.24. The van der Waals surface area contributed by atoms with Gasteiger partial charge in [-0.1, -0.05) is 19.1 Å². The molecule has 1 aromatic carbocycles. The van der Waals surface area contributed by atoms with Crippen LogP contribution in [0.15, 0.2) is 18.2 Å². The molecule has 1 atom stereocenters. The molecule has 1 radical (unpaired) electrons. The molecule has 2 heteroatoms. The molecule has 1 unspecified atom stereocenters. The van der Waals surface area contributed by atoms with Crippen molar-refractivity contribution in [1.29, 1.82) is 0 Å². The second-order valence-electron chi connectivity index (χ2n) is 2.98. The summed E-state index contributed by atoms with van der Waals surface area (Å²) in [5.41, 5.74) is 1.07. The van der Waals surface area contributed by atoms with Gasteiger partial charge in [0.05, 0.1) is 14.2 Å². The van der Waals surface area contributed by atoms with Crippen LogP contribution in [0.1, 0.15) is 18.4 Å². The second kappa shape index (κ2) is 4.17. The highest BCUT2D eigenvalue weighted by Crippen LogP contribution is 2.34. The van der Waals surface area contributed by atoms with E-state index < -0.39 is 0 Å². The lowest BCUT2D eigenvalue weighted by Crippen LogP contribution is -1.97. The van der Waals surface area contributed by atoms with E-state index in [9.17, 15) is 0 Å². The molecule has 0 saturated heterocycles. The predicted octanol–water partition coefficient (Wildman–Crippen LogP) is 2.64. The highest BCUT2D eigenvalue weighted by atomic mass is 16.5. The number of benzene rings is 1. The molecule has 71 valence electrons. The fourth-order valence-electron chi connectivity index (χ4n) is 1.30. The Morgan fingerprint density at radius 2 is 1.92 bits per heavy atom. The fourth-order valence-corrected chi connectivity index (χ4v) is 1.30. The smallest absolute Gasteiger partial charge is 0.164 e. The van der Waals surface area contributed by atoms with Crippen molar-refractivity contribution in [2.45, 2.75) is 12.8 Å². The maximum atomic E-state index is 5.26. The summed E-state index contributed by atoms with van der Waals surface area (Å²) < 4.78 is 10.4. The Hall–Kier alpha value is -1.18. The van der Waals surface area contributed by atoms with E-state index in [0.717, 1.165) is 17.1 Å². The highest BCUT2D eigenvalue weighted by Gasteiger charge is 2.11. The Morgan fingerprint density at radius 1 is 1.23 bits per heavy atom. The van der Waals surface area contributed by atoms with Crippen LogP contribution in [0.2, 0.25) is 0 Å². The van der Waals surface area contributed by atoms with Crippen molar-refractivity contribution in [2.75, 3.05) is 14.2 Å². The van der Waals surface area contributed by atoms with Gasteiger partial charge in [0.1, 0.15) is 0 Å². The van der Waals surface area contributed by atoms with Crippen molar-refractivity contribution < 1.29 is 9.47 Å². The van der Waals surface area contributed by atoms with E-state index in [-0.39, 0.29) is 5.92 Å². The van der Waals surface area contributed by atoms with Crippen LogP contribution in [0.4, 0.5) is 0 Å². The summed E-state index contributed by atoms with van der Waals surface area (Å²) in [6, 6.07) is 5.82. The third-order valence-corrected chi connectivity index (χ3v) is 1.96. The molecule has 1 rings (SSSR count). The van der Waals surface area contributed by atoms with Crippen LogP contribution >= 0.6 is 0 Å². The van der Waals surface area contributed by atoms with Gasteiger partial charge in [0, 0.05) is 5.56 Å². The Bertz CT molecular complexity index is 279. The molecule has 0 amide bonds. The third kappa shape index (κ3) is 1.94. The molecule has 1 aromatic rings. The lowest BCUT2D eigenvalue weighted by molar-refractivity contribution is 0.351. The number of rotatable bonds is 3. The van der Waals surface area contributed by atoms with Crippen molar-refractivity contribution in [3.63, 3.8) is 0 Å². The van der Waals surface area contributed by atoms with Gasteiger partial charge >= 0.3 is 0 Å². The van der Waals surface area contributed by atoms with E-state index in [2.05, 4.69) is 6.92 Å². The SMILES string of the molecule is [CH2]C(C)c1cccc(OC)c1OC. The summed E-state index contributed by atoms with van der Waals surface area (Å²) in [7, 11) is 3.28. The van der Waals surface area contributed by atoms with Crippen LogP contribution in [0.5, 0.6) is 11.5 Å². The van der Waals surface area contributed by atoms with Crippen molar-refractivity contribution in [3.05, 3.63) is 30.7 Å². The summed E-state index contributed by atoms with van der Waals surface area (Å²) in [5.74, 6) is 1.74. The van der Waals surface area contributed by atoms with Gasteiger partial charge in [-0.3, -0.25) is 0 Å². The van der Waals surface area contributed by atoms with Crippen molar-refractivity contribution in [2.24, 2.45) is 0 Å². The fraction of sp³-hybridized carbons (Fsp3) is 0.364. The summed E-state index contributed by atoms with van der Waals surface area (Å²) in [5, 5.41) is 0. The summed E-state index contributed by atoms with van der Waals surface area (Å²) >= 11 is 0. The molecular formula is C11H15O2. The minimum atomic E-state index is 0.199. The number of ether oxygens (including phenoxy) is 2. The quantitative estimate of drug-likeness (QED) is 0.710. The van der Waals surface area contributed by atoms with E-state index in [4.69, 9.17) is 9.47 Å². The molecule has 0 aliphatic rings. The molecule has 0 bridgehead atoms. The van der Waals surface area contributed by atoms with E-state index in [1.54, 1.807) is 14.2 Å². The van der Waals surface area contributed by atoms with Gasteiger partial charge in [-0.15, -0.1) is 0 Å². The summed E-state index contributed by atoms with van der Waals surface area (Å²) in [4.78, 5) is 0. The minimum Gasteiger partial charge on any atom is -0.493 e. The van der Waals surface area contributed by atoms with Crippen LogP contribution in [0.25, 0.3) is 0 Å². The molecule has 13 heavy (non-hydrogen) atoms. The number of methoxy groups -OCH3 is 2. The molecule has 0 N–H and O–H groups in total. The van der Waals surface area contributed by atoms with Crippen molar-refractivity contribution in [1.82, 2.24) is 0 Å². The number of hydrogen-bond donors (Lipinski definition) is 0. The van der Waals surface area contributed by atoms with Gasteiger partial charge in [0.15, 0.2) is 11.5 Å². The van der Waals surface area contributed by atoms with Crippen molar-refractivity contribution >= 4 is 0 Å². The van der Waals surface area contributed by atoms with Gasteiger partial charge in [-0.05, 0) is 18.9 Å². The average Bonchev–Trinajstić information content (AvgIpc) is 2.16. The van der Waals surface area contributed by atoms with Gasteiger partial charge in [0.2, 0.25) is 0 Å². The Balaban J connectivity index is 3.19. The standard InChI is InChI=1S/C11H15O2/c1-8(2)9-6-5-7-10(12-3)11(9)13-4/h5-8H,1H2,2-4H3. The Morgan fingerprint density at radius 3 is 2.38 bits per heavy atom. The van der Waals surface area contributed by atoms with Crippen LogP contribution in [-0.2, 0) is 0 Å². The second-order valence-corrected chi connectivity index (χ2v) is 2.98. The minimum absolute atomic E-state index is 0.199. The maximum absolute atomic E-state index is 5.26. The van der Waals surface area contributed by atoms with Crippen LogP contribution in [-0.4, -0.2) is 14.2 Å². The Labute approximate surface area is 79.5 Å². The number of hydrogen-bond acceptors (Lipinski definition) is 2. The lowest BCUT2D eigenvalue weighted by Gasteiger charge is -2.14. The number of para-hydroxylation sites is 1. The first kappa shape index (κ1) is 9.90. The first-order chi connectivity index (χ1) is 6.20. The molecule has 0 fully saturated rings. The van der Waals surface area contributed by atoms with Gasteiger partial charge in [-0.2, -0.15) is 0 Å². The van der Waals surface area contributed by atoms with Gasteiger partial charge < -0.3 is 9.47 Å². The molecule has 0 aliphatic heterocycles. The predicted molar refractivity (Wildman–Crippen MR) is 53.3 cm³/mol. The van der Waals surface area contributed by atoms with Crippen molar-refractivity contribution in [3.8, 4) is 11.5 Å². The molecule has 0 aromatic heterocycles. The van der Waals surface area contributed by atoms with Crippen LogP contribution < -0.4 is 9.47 Å². The van der Waals surface area contributed by atoms with E-state index in [0.29, 0.717) is 0 Å². The van der Waals surface area contributed by atoms with E-state index >= 15 is 0 Å². The molecule has 2 nitrogen and oxygen atoms in total. The summed E-state index contributed by atoms with van der Waals surface area (Å²) in [6.07, 6.45) is 0. The van der Waals surface area contributed by atoms with Crippen LogP contribution in [0, 0.1) is 6.92 Å². The zero-order valence-electron chi connectivity index (χ0n) is 8.33. The van der Waals surface area contributed by atoms with Crippen LogP contribution in [0.3, 0.4) is 0 Å². The topological polar surface area (TPSA) is 18.5 Å². The third-order valence-electron chi connectivity index (χ3n) is 1.96. The molecule has 0 saturated carbocycles. The summed E-state index contributed by atoms with van der Waals surface area (Å²) in [6.45, 7) is 5.98. The van der Waals surface area contributed by atoms with E-state index in [1.165, 1.54) is 0 Å². The monoisotopic (exact) mass is 179 g/mol. The molecular weight excluding hydrogens is 164 g/mol. The molecule has 0 aliphatic carbocycles. The largest absolute Gasteiger partial charge is 0.493 e. The highest BCUT2D eigenvalue weighted by molar-refractivity contribution is 5.48. The maximum Gasteiger partial charge on any atom is 0.164 e. The Kier molecular flexibility index (Phi) is 3.18. The lowest BCUT2D eigenvalue weighted by atomic mass is 10.0. The zero-order valence-corrected chi connectivity index (χ0v) is 8.33. The first-order valence-electron chi connectivity index (χ1n) is 4.24. The van der Waals surface area contributed by atoms with E-state index in [1.807, 2.05) is 25.1 Å². The molecule has 0 heterocycles. The zero-order chi connectivity index (χ0) is 9.84. The average molecular weight is 179 g/mol. The normalized spacial score (nSPS) is 10.2. The van der Waals surface area contributed by atoms with Gasteiger partial charge in [-0.25, -0.2) is 0 Å². The molecule has 0 spiro atoms. The van der Waals surface area contributed by atoms with Gasteiger partial charge in [0.25, 0.3) is 0 Å².